The maximum Gasteiger partial charge on any atom is 0.454 e. The Morgan fingerprint density at radius 2 is 1.82 bits per heavy atom. The average Bonchev–Trinajstić information content (AvgIpc) is 2.19. The second-order valence-electron chi connectivity index (χ2n) is 2.87. The summed E-state index contributed by atoms with van der Waals surface area (Å²) < 4.78 is 36.5. The topological polar surface area (TPSA) is 60.2 Å². The number of Topliss-reactive ketones (excluding diaryl/α,β-unsaturated/α-hetero) is 1. The highest BCUT2D eigenvalue weighted by molar-refractivity contribution is 6.44. The fourth-order valence-corrected chi connectivity index (χ4v) is 1.41. The highest BCUT2D eigenvalue weighted by Gasteiger charge is 2.41. The first-order valence-electron chi connectivity index (χ1n) is 3.89. The second-order valence-corrected chi connectivity index (χ2v) is 3.66. The van der Waals surface area contributed by atoms with Crippen LogP contribution < -0.4 is 0 Å². The van der Waals surface area contributed by atoms with Crippen LogP contribution in [0.5, 0.6) is 0 Å². The molecule has 0 saturated carbocycles. The molecule has 17 heavy (non-hydrogen) atoms. The summed E-state index contributed by atoms with van der Waals surface area (Å²) in [5, 5.41) is 9.24. The van der Waals surface area contributed by atoms with E-state index >= 15 is 0 Å². The van der Waals surface area contributed by atoms with E-state index in [9.17, 15) is 28.1 Å². The number of nitro groups is 1. The molecule has 1 aromatic carbocycles. The van der Waals surface area contributed by atoms with E-state index in [1.165, 1.54) is 0 Å². The second kappa shape index (κ2) is 4.50. The van der Waals surface area contributed by atoms with Crippen LogP contribution in [-0.2, 0) is 0 Å². The zero-order valence-electron chi connectivity index (χ0n) is 7.72. The molecule has 92 valence electrons. The molecule has 0 amide bonds. The van der Waals surface area contributed by atoms with Gasteiger partial charge in [-0.3, -0.25) is 14.9 Å². The summed E-state index contributed by atoms with van der Waals surface area (Å²) in [6.45, 7) is 0. The van der Waals surface area contributed by atoms with Crippen LogP contribution in [0.3, 0.4) is 0 Å². The third-order valence-electron chi connectivity index (χ3n) is 1.73. The monoisotopic (exact) mass is 287 g/mol. The van der Waals surface area contributed by atoms with Gasteiger partial charge in [0.05, 0.1) is 20.5 Å². The quantitative estimate of drug-likeness (QED) is 0.474. The van der Waals surface area contributed by atoms with Crippen LogP contribution in [0.1, 0.15) is 10.4 Å². The summed E-state index contributed by atoms with van der Waals surface area (Å²) in [4.78, 5) is 20.3. The Morgan fingerprint density at radius 3 is 2.24 bits per heavy atom. The molecule has 0 aromatic heterocycles. The first kappa shape index (κ1) is 13.7. The molecule has 0 unspecified atom stereocenters. The minimum absolute atomic E-state index is 0.435. The zero-order chi connectivity index (χ0) is 13.4. The van der Waals surface area contributed by atoms with Gasteiger partial charge in [-0.15, -0.1) is 0 Å². The zero-order valence-corrected chi connectivity index (χ0v) is 9.23. The van der Waals surface area contributed by atoms with Crippen molar-refractivity contribution in [2.24, 2.45) is 0 Å². The summed E-state index contributed by atoms with van der Waals surface area (Å²) in [5.74, 6) is -2.28. The number of hydrogen-bond donors (Lipinski definition) is 0. The Kier molecular flexibility index (Phi) is 3.63. The van der Waals surface area contributed by atoms with E-state index in [1.54, 1.807) is 0 Å². The largest absolute Gasteiger partial charge is 0.454 e. The van der Waals surface area contributed by atoms with Gasteiger partial charge in [-0.2, -0.15) is 13.2 Å². The summed E-state index contributed by atoms with van der Waals surface area (Å²) in [5.41, 5.74) is -1.79. The first-order valence-corrected chi connectivity index (χ1v) is 4.65. The molecular formula is C8H2Cl2F3NO3. The van der Waals surface area contributed by atoms with Gasteiger partial charge in [0.2, 0.25) is 0 Å². The Bertz CT molecular complexity index is 502. The van der Waals surface area contributed by atoms with Crippen LogP contribution in [-0.4, -0.2) is 16.9 Å². The van der Waals surface area contributed by atoms with Crippen molar-refractivity contribution >= 4 is 34.7 Å². The van der Waals surface area contributed by atoms with Crippen molar-refractivity contribution in [2.75, 3.05) is 0 Å². The summed E-state index contributed by atoms with van der Waals surface area (Å²) in [7, 11) is 0. The molecule has 4 nitrogen and oxygen atoms in total. The van der Waals surface area contributed by atoms with Gasteiger partial charge >= 0.3 is 6.18 Å². The van der Waals surface area contributed by atoms with E-state index in [1.807, 2.05) is 0 Å². The number of ketones is 1. The molecule has 0 bridgehead atoms. The molecule has 0 N–H and O–H groups in total. The molecule has 0 aliphatic heterocycles. The third kappa shape index (κ3) is 2.86. The molecule has 9 heteroatoms. The smallest absolute Gasteiger partial charge is 0.284 e. The SMILES string of the molecule is O=C(c1cc([N+](=O)[O-])cc(Cl)c1Cl)C(F)(F)F. The molecule has 0 aliphatic carbocycles. The van der Waals surface area contributed by atoms with Gasteiger partial charge in [-0.25, -0.2) is 0 Å². The molecule has 0 atom stereocenters. The Hall–Kier alpha value is -1.34. The predicted molar refractivity (Wildman–Crippen MR) is 53.5 cm³/mol. The molecule has 0 heterocycles. The van der Waals surface area contributed by atoms with Crippen LogP contribution in [0, 0.1) is 10.1 Å². The number of nitro benzene ring substituents is 1. The molecule has 1 rings (SSSR count). The van der Waals surface area contributed by atoms with Crippen molar-refractivity contribution < 1.29 is 22.9 Å². The number of nitrogens with zero attached hydrogens (tertiary/aromatic N) is 1. The third-order valence-corrected chi connectivity index (χ3v) is 2.53. The number of alkyl halides is 3. The van der Waals surface area contributed by atoms with Crippen LogP contribution in [0.25, 0.3) is 0 Å². The fraction of sp³-hybridized carbons (Fsp3) is 0.125. The maximum atomic E-state index is 12.2. The van der Waals surface area contributed by atoms with Crippen LogP contribution in [0.15, 0.2) is 12.1 Å². The number of benzene rings is 1. The van der Waals surface area contributed by atoms with E-state index in [-0.39, 0.29) is 0 Å². The molecular weight excluding hydrogens is 286 g/mol. The Morgan fingerprint density at radius 1 is 1.29 bits per heavy atom. The minimum Gasteiger partial charge on any atom is -0.284 e. The van der Waals surface area contributed by atoms with E-state index in [2.05, 4.69) is 0 Å². The number of hydrogen-bond acceptors (Lipinski definition) is 3. The maximum absolute atomic E-state index is 12.2. The Labute approximate surface area is 102 Å². The average molecular weight is 288 g/mol. The summed E-state index contributed by atoms with van der Waals surface area (Å²) in [6, 6.07) is 1.20. The van der Waals surface area contributed by atoms with Gasteiger partial charge in [0.1, 0.15) is 0 Å². The lowest BCUT2D eigenvalue weighted by molar-refractivity contribution is -0.384. The molecule has 0 spiro atoms. The lowest BCUT2D eigenvalue weighted by Crippen LogP contribution is -2.23. The molecule has 0 fully saturated rings. The predicted octanol–water partition coefficient (Wildman–Crippen LogP) is 3.65. The molecule has 0 radical (unpaired) electrons. The van der Waals surface area contributed by atoms with Gasteiger partial charge in [-0.05, 0) is 0 Å². The lowest BCUT2D eigenvalue weighted by atomic mass is 10.1. The van der Waals surface area contributed by atoms with Gasteiger partial charge in [0.15, 0.2) is 0 Å². The highest BCUT2D eigenvalue weighted by atomic mass is 35.5. The summed E-state index contributed by atoms with van der Waals surface area (Å²) >= 11 is 10.8. The van der Waals surface area contributed by atoms with Gasteiger partial charge < -0.3 is 0 Å². The molecule has 0 aliphatic rings. The van der Waals surface area contributed by atoms with Crippen LogP contribution in [0.2, 0.25) is 10.0 Å². The summed E-state index contributed by atoms with van der Waals surface area (Å²) in [6.07, 6.45) is -5.18. The van der Waals surface area contributed by atoms with Crippen molar-refractivity contribution in [1.29, 1.82) is 0 Å². The van der Waals surface area contributed by atoms with Crippen LogP contribution >= 0.6 is 23.2 Å². The van der Waals surface area contributed by atoms with E-state index < -0.39 is 38.2 Å². The molecule has 0 saturated heterocycles. The van der Waals surface area contributed by atoms with Crippen LogP contribution in [0.4, 0.5) is 18.9 Å². The van der Waals surface area contributed by atoms with Crippen molar-refractivity contribution in [2.45, 2.75) is 6.18 Å². The highest BCUT2D eigenvalue weighted by Crippen LogP contribution is 2.34. The fourth-order valence-electron chi connectivity index (χ4n) is 0.998. The normalized spacial score (nSPS) is 11.4. The van der Waals surface area contributed by atoms with Crippen molar-refractivity contribution in [3.8, 4) is 0 Å². The molecule has 1 aromatic rings. The van der Waals surface area contributed by atoms with E-state index in [0.717, 1.165) is 6.07 Å². The van der Waals surface area contributed by atoms with Crippen molar-refractivity contribution in [1.82, 2.24) is 0 Å². The number of carbonyl (C=O) groups is 1. The number of carbonyl (C=O) groups excluding carboxylic acids is 1. The van der Waals surface area contributed by atoms with Crippen molar-refractivity contribution in [3.63, 3.8) is 0 Å². The standard InChI is InChI=1S/C8H2Cl2F3NO3/c9-5-2-3(14(16)17)1-4(6(5)10)7(15)8(11,12)13/h1-2H. The minimum atomic E-state index is -5.18. The number of rotatable bonds is 2. The van der Waals surface area contributed by atoms with E-state index in [4.69, 9.17) is 23.2 Å². The van der Waals surface area contributed by atoms with Gasteiger partial charge in [0, 0.05) is 12.1 Å². The van der Waals surface area contributed by atoms with E-state index in [0.29, 0.717) is 6.07 Å². The Balaban J connectivity index is 3.43. The number of non-ortho nitro benzene ring substituents is 1. The van der Waals surface area contributed by atoms with Gasteiger partial charge in [-0.1, -0.05) is 23.2 Å². The lowest BCUT2D eigenvalue weighted by Gasteiger charge is -2.07. The van der Waals surface area contributed by atoms with Crippen molar-refractivity contribution in [3.05, 3.63) is 37.9 Å². The number of halogens is 5. The first-order chi connectivity index (χ1) is 7.64. The van der Waals surface area contributed by atoms with Gasteiger partial charge in [0.25, 0.3) is 11.5 Å².